The van der Waals surface area contributed by atoms with Crippen LogP contribution in [0.3, 0.4) is 0 Å². The number of carbonyl (C=O) groups is 1. The quantitative estimate of drug-likeness (QED) is 0.247. The molecular weight excluding hydrogens is 346 g/mol. The summed E-state index contributed by atoms with van der Waals surface area (Å²) in [5.74, 6) is -0.111. The van der Waals surface area contributed by atoms with Crippen molar-refractivity contribution in [3.05, 3.63) is 106 Å². The van der Waals surface area contributed by atoms with E-state index in [4.69, 9.17) is 0 Å². The number of hydrogen-bond acceptors (Lipinski definition) is 4. The number of nitrogens with zero attached hydrogens (tertiary/aromatic N) is 1. The van der Waals surface area contributed by atoms with Crippen molar-refractivity contribution in [3.8, 4) is 0 Å². The fraction of sp³-hybridized carbons (Fsp3) is 0. The van der Waals surface area contributed by atoms with Crippen LogP contribution < -0.4 is 0 Å². The van der Waals surface area contributed by atoms with Gasteiger partial charge in [-0.2, -0.15) is 0 Å². The van der Waals surface area contributed by atoms with Crippen molar-refractivity contribution < 1.29 is 9.72 Å². The molecule has 0 bridgehead atoms. The van der Waals surface area contributed by atoms with Gasteiger partial charge in [0.15, 0.2) is 5.78 Å². The minimum atomic E-state index is -0.451. The molecule has 3 rings (SSSR count). The molecule has 0 fully saturated rings. The van der Waals surface area contributed by atoms with Gasteiger partial charge in [-0.25, -0.2) is 0 Å². The van der Waals surface area contributed by atoms with E-state index >= 15 is 0 Å². The summed E-state index contributed by atoms with van der Waals surface area (Å²) >= 11 is 1.64. The number of carbonyl (C=O) groups excluding carboxylic acids is 1. The number of benzene rings is 3. The van der Waals surface area contributed by atoms with Crippen LogP contribution in [0.2, 0.25) is 0 Å². The fourth-order valence-electron chi connectivity index (χ4n) is 2.29. The van der Waals surface area contributed by atoms with Crippen LogP contribution in [-0.2, 0) is 0 Å². The first kappa shape index (κ1) is 17.6. The predicted molar refractivity (Wildman–Crippen MR) is 103 cm³/mol. The molecule has 0 aromatic heterocycles. The first-order chi connectivity index (χ1) is 12.6. The Labute approximate surface area is 155 Å². The fourth-order valence-corrected chi connectivity index (χ4v) is 3.12. The van der Waals surface area contributed by atoms with Crippen molar-refractivity contribution in [2.75, 3.05) is 0 Å². The summed E-state index contributed by atoms with van der Waals surface area (Å²) in [6.07, 6.45) is 3.12. The van der Waals surface area contributed by atoms with Gasteiger partial charge in [-0.05, 0) is 60.2 Å². The maximum Gasteiger partial charge on any atom is 0.269 e. The molecule has 0 heterocycles. The van der Waals surface area contributed by atoms with Crippen LogP contribution >= 0.6 is 11.8 Å². The summed E-state index contributed by atoms with van der Waals surface area (Å²) in [5, 5.41) is 10.6. The summed E-state index contributed by atoms with van der Waals surface area (Å²) < 4.78 is 0. The molecule has 0 atom stereocenters. The highest BCUT2D eigenvalue weighted by Gasteiger charge is 2.05. The Hall–Kier alpha value is -3.18. The molecule has 0 aliphatic rings. The van der Waals surface area contributed by atoms with Crippen molar-refractivity contribution in [2.45, 2.75) is 9.79 Å². The smallest absolute Gasteiger partial charge is 0.269 e. The normalized spacial score (nSPS) is 10.8. The van der Waals surface area contributed by atoms with Gasteiger partial charge in [0, 0.05) is 27.5 Å². The molecule has 0 N–H and O–H groups in total. The summed E-state index contributed by atoms with van der Waals surface area (Å²) in [7, 11) is 0. The second kappa shape index (κ2) is 8.27. The van der Waals surface area contributed by atoms with Gasteiger partial charge >= 0.3 is 0 Å². The minimum Gasteiger partial charge on any atom is -0.289 e. The van der Waals surface area contributed by atoms with E-state index in [1.165, 1.54) is 18.2 Å². The number of hydrogen-bond donors (Lipinski definition) is 0. The molecule has 0 amide bonds. The Balaban J connectivity index is 1.65. The second-order valence-corrected chi connectivity index (χ2v) is 6.63. The lowest BCUT2D eigenvalue weighted by Crippen LogP contribution is -1.93. The van der Waals surface area contributed by atoms with E-state index in [9.17, 15) is 14.9 Å². The highest BCUT2D eigenvalue weighted by Crippen LogP contribution is 2.27. The van der Waals surface area contributed by atoms with Crippen molar-refractivity contribution in [1.82, 2.24) is 0 Å². The van der Waals surface area contributed by atoms with Crippen molar-refractivity contribution in [2.24, 2.45) is 0 Å². The molecule has 0 saturated carbocycles. The summed E-state index contributed by atoms with van der Waals surface area (Å²) in [4.78, 5) is 24.7. The minimum absolute atomic E-state index is 0.0278. The van der Waals surface area contributed by atoms with Gasteiger partial charge in [0.1, 0.15) is 0 Å². The van der Waals surface area contributed by atoms with E-state index in [0.29, 0.717) is 5.56 Å². The number of nitro benzene ring substituents is 1. The Morgan fingerprint density at radius 3 is 2.08 bits per heavy atom. The van der Waals surface area contributed by atoms with Crippen LogP contribution in [0, 0.1) is 10.1 Å². The molecule has 0 aliphatic carbocycles. The highest BCUT2D eigenvalue weighted by atomic mass is 32.2. The molecule has 3 aromatic rings. The lowest BCUT2D eigenvalue weighted by molar-refractivity contribution is -0.384. The van der Waals surface area contributed by atoms with E-state index in [0.717, 1.165) is 15.4 Å². The lowest BCUT2D eigenvalue weighted by Gasteiger charge is -2.02. The molecule has 0 spiro atoms. The van der Waals surface area contributed by atoms with Gasteiger partial charge in [-0.3, -0.25) is 14.9 Å². The van der Waals surface area contributed by atoms with E-state index in [1.54, 1.807) is 42.1 Å². The number of rotatable bonds is 6. The number of non-ortho nitro benzene ring substituents is 1. The van der Waals surface area contributed by atoms with E-state index in [1.807, 2.05) is 42.5 Å². The molecule has 5 heteroatoms. The average Bonchev–Trinajstić information content (AvgIpc) is 2.68. The molecule has 0 aliphatic heterocycles. The van der Waals surface area contributed by atoms with Crippen LogP contribution in [0.5, 0.6) is 0 Å². The molecular formula is C21H15NO3S. The molecule has 0 radical (unpaired) electrons. The molecule has 4 nitrogen and oxygen atoms in total. The van der Waals surface area contributed by atoms with Gasteiger partial charge in [-0.15, -0.1) is 0 Å². The predicted octanol–water partition coefficient (Wildman–Crippen LogP) is 5.64. The van der Waals surface area contributed by atoms with E-state index in [-0.39, 0.29) is 11.5 Å². The topological polar surface area (TPSA) is 60.2 Å². The number of allylic oxidation sites excluding steroid dienone is 1. The van der Waals surface area contributed by atoms with Gasteiger partial charge in [0.2, 0.25) is 0 Å². The van der Waals surface area contributed by atoms with Gasteiger partial charge in [0.05, 0.1) is 4.92 Å². The standard InChI is InChI=1S/C21H15NO3S/c23-21(15-8-16-6-11-18(12-7-16)22(24)25)17-9-13-20(14-10-17)26-19-4-2-1-3-5-19/h1-15H/b15-8+. The van der Waals surface area contributed by atoms with Gasteiger partial charge in [0.25, 0.3) is 5.69 Å². The van der Waals surface area contributed by atoms with E-state index in [2.05, 4.69) is 0 Å². The SMILES string of the molecule is O=C(/C=C/c1ccc([N+](=O)[O-])cc1)c1ccc(Sc2ccccc2)cc1. The van der Waals surface area contributed by atoms with Crippen LogP contribution in [0.4, 0.5) is 5.69 Å². The zero-order valence-electron chi connectivity index (χ0n) is 13.7. The Bertz CT molecular complexity index is 933. The van der Waals surface area contributed by atoms with Crippen LogP contribution in [-0.4, -0.2) is 10.7 Å². The maximum absolute atomic E-state index is 12.3. The van der Waals surface area contributed by atoms with Crippen LogP contribution in [0.25, 0.3) is 6.08 Å². The molecule has 26 heavy (non-hydrogen) atoms. The van der Waals surface area contributed by atoms with Crippen molar-refractivity contribution in [3.63, 3.8) is 0 Å². The van der Waals surface area contributed by atoms with E-state index < -0.39 is 4.92 Å². The maximum atomic E-state index is 12.3. The molecule has 3 aromatic carbocycles. The van der Waals surface area contributed by atoms with Crippen LogP contribution in [0.1, 0.15) is 15.9 Å². The molecule has 0 unspecified atom stereocenters. The molecule has 128 valence electrons. The van der Waals surface area contributed by atoms with Gasteiger partial charge in [-0.1, -0.05) is 36.0 Å². The summed E-state index contributed by atoms with van der Waals surface area (Å²) in [5.41, 5.74) is 1.36. The zero-order valence-corrected chi connectivity index (χ0v) is 14.6. The number of ketones is 1. The third-order valence-corrected chi connectivity index (χ3v) is 4.66. The number of nitro groups is 1. The largest absolute Gasteiger partial charge is 0.289 e. The first-order valence-corrected chi connectivity index (χ1v) is 8.73. The van der Waals surface area contributed by atoms with Crippen LogP contribution in [0.15, 0.2) is 94.7 Å². The Morgan fingerprint density at radius 1 is 0.846 bits per heavy atom. The summed E-state index contributed by atoms with van der Waals surface area (Å²) in [6.45, 7) is 0. The third-order valence-electron chi connectivity index (χ3n) is 3.65. The average molecular weight is 361 g/mol. The Kier molecular flexibility index (Phi) is 5.61. The van der Waals surface area contributed by atoms with Crippen molar-refractivity contribution >= 4 is 29.3 Å². The first-order valence-electron chi connectivity index (χ1n) is 7.92. The summed E-state index contributed by atoms with van der Waals surface area (Å²) in [6, 6.07) is 23.5. The second-order valence-electron chi connectivity index (χ2n) is 5.49. The lowest BCUT2D eigenvalue weighted by atomic mass is 10.1. The third kappa shape index (κ3) is 4.68. The van der Waals surface area contributed by atoms with Gasteiger partial charge < -0.3 is 0 Å². The molecule has 0 saturated heterocycles. The highest BCUT2D eigenvalue weighted by molar-refractivity contribution is 7.99. The zero-order chi connectivity index (χ0) is 18.4. The monoisotopic (exact) mass is 361 g/mol. The van der Waals surface area contributed by atoms with Crippen molar-refractivity contribution in [1.29, 1.82) is 0 Å². The Morgan fingerprint density at radius 2 is 1.46 bits per heavy atom.